The summed E-state index contributed by atoms with van der Waals surface area (Å²) in [6.07, 6.45) is 1.43. The molecule has 0 aliphatic carbocycles. The first kappa shape index (κ1) is 24.5. The first-order chi connectivity index (χ1) is 15.8. The normalized spacial score (nSPS) is 10.8. The van der Waals surface area contributed by atoms with E-state index in [0.717, 1.165) is 5.56 Å². The summed E-state index contributed by atoms with van der Waals surface area (Å²) in [7, 11) is 1.50. The summed E-state index contributed by atoms with van der Waals surface area (Å²) in [6.45, 7) is 0.198. The SMILES string of the molecule is COc1cc(/C=N\NC(=O)c2ccc([N+](=O)[O-])cc2)cc(Br)c1OCc1ccc(Cl)cc1Cl. The lowest BCUT2D eigenvalue weighted by molar-refractivity contribution is -0.384. The second kappa shape index (κ2) is 11.1. The molecule has 0 heterocycles. The summed E-state index contributed by atoms with van der Waals surface area (Å²) in [5, 5.41) is 15.7. The van der Waals surface area contributed by atoms with Gasteiger partial charge in [0.1, 0.15) is 6.61 Å². The Hall–Kier alpha value is -3.14. The van der Waals surface area contributed by atoms with Gasteiger partial charge in [-0.25, -0.2) is 5.43 Å². The van der Waals surface area contributed by atoms with Crippen LogP contribution in [-0.2, 0) is 6.61 Å². The largest absolute Gasteiger partial charge is 0.493 e. The molecule has 0 atom stereocenters. The molecule has 1 amide bonds. The molecular formula is C22H16BrCl2N3O5. The Morgan fingerprint density at radius 1 is 1.18 bits per heavy atom. The number of nitro groups is 1. The van der Waals surface area contributed by atoms with Gasteiger partial charge in [0, 0.05) is 33.3 Å². The number of carbonyl (C=O) groups excluding carboxylic acids is 1. The number of hydrogen-bond donors (Lipinski definition) is 1. The van der Waals surface area contributed by atoms with Crippen molar-refractivity contribution >= 4 is 56.9 Å². The standard InChI is InChI=1S/C22H16BrCl2N3O5/c1-32-20-9-13(11-26-27-22(29)14-3-6-17(7-4-14)28(30)31)8-18(23)21(20)33-12-15-2-5-16(24)10-19(15)25/h2-11H,12H2,1H3,(H,27,29)/b26-11-. The van der Waals surface area contributed by atoms with E-state index in [1.54, 1.807) is 30.3 Å². The molecule has 8 nitrogen and oxygen atoms in total. The molecule has 3 aromatic carbocycles. The Labute approximate surface area is 207 Å². The Morgan fingerprint density at radius 3 is 2.55 bits per heavy atom. The summed E-state index contributed by atoms with van der Waals surface area (Å²) in [6, 6.07) is 13.8. The smallest absolute Gasteiger partial charge is 0.271 e. The molecule has 0 aliphatic heterocycles. The third-order valence-electron chi connectivity index (χ3n) is 4.36. The number of non-ortho nitro benzene ring substituents is 1. The molecule has 170 valence electrons. The van der Waals surface area contributed by atoms with Crippen LogP contribution in [0.4, 0.5) is 5.69 Å². The number of ether oxygens (including phenoxy) is 2. The van der Waals surface area contributed by atoms with Crippen molar-refractivity contribution in [3.8, 4) is 11.5 Å². The van der Waals surface area contributed by atoms with Gasteiger partial charge in [0.15, 0.2) is 11.5 Å². The molecule has 3 rings (SSSR count). The number of carbonyl (C=O) groups is 1. The minimum Gasteiger partial charge on any atom is -0.493 e. The predicted octanol–water partition coefficient (Wildman–Crippen LogP) is 6.02. The van der Waals surface area contributed by atoms with Crippen LogP contribution in [0.2, 0.25) is 10.0 Å². The summed E-state index contributed by atoms with van der Waals surface area (Å²) in [4.78, 5) is 22.3. The van der Waals surface area contributed by atoms with Gasteiger partial charge in [-0.2, -0.15) is 5.10 Å². The fourth-order valence-electron chi connectivity index (χ4n) is 2.71. The zero-order valence-electron chi connectivity index (χ0n) is 17.1. The van der Waals surface area contributed by atoms with E-state index in [-0.39, 0.29) is 17.9 Å². The highest BCUT2D eigenvalue weighted by molar-refractivity contribution is 9.10. The number of hydrogen-bond acceptors (Lipinski definition) is 6. The molecule has 0 fully saturated rings. The van der Waals surface area contributed by atoms with Crippen molar-refractivity contribution in [3.63, 3.8) is 0 Å². The van der Waals surface area contributed by atoms with Crippen molar-refractivity contribution in [1.29, 1.82) is 0 Å². The number of nitrogens with one attached hydrogen (secondary N) is 1. The van der Waals surface area contributed by atoms with E-state index in [2.05, 4.69) is 26.5 Å². The fourth-order valence-corrected chi connectivity index (χ4v) is 3.74. The molecule has 0 unspecified atom stereocenters. The van der Waals surface area contributed by atoms with Crippen molar-refractivity contribution in [3.05, 3.63) is 95.9 Å². The fraction of sp³-hybridized carbons (Fsp3) is 0.0909. The zero-order valence-corrected chi connectivity index (χ0v) is 20.1. The Morgan fingerprint density at radius 2 is 1.91 bits per heavy atom. The molecule has 0 aromatic heterocycles. The quantitative estimate of drug-likeness (QED) is 0.209. The Balaban J connectivity index is 1.68. The lowest BCUT2D eigenvalue weighted by Crippen LogP contribution is -2.17. The molecule has 0 spiro atoms. The minimum atomic E-state index is -0.539. The Kier molecular flexibility index (Phi) is 8.26. The average molecular weight is 553 g/mol. The minimum absolute atomic E-state index is 0.104. The third-order valence-corrected chi connectivity index (χ3v) is 5.53. The van der Waals surface area contributed by atoms with E-state index < -0.39 is 10.8 Å². The maximum atomic E-state index is 12.2. The maximum Gasteiger partial charge on any atom is 0.271 e. The van der Waals surface area contributed by atoms with Gasteiger partial charge in [-0.05, 0) is 57.9 Å². The predicted molar refractivity (Wildman–Crippen MR) is 130 cm³/mol. The number of halogens is 3. The maximum absolute atomic E-state index is 12.2. The first-order valence-corrected chi connectivity index (χ1v) is 10.9. The molecule has 1 N–H and O–H groups in total. The topological polar surface area (TPSA) is 103 Å². The van der Waals surface area contributed by atoms with Gasteiger partial charge in [0.2, 0.25) is 0 Å². The third kappa shape index (κ3) is 6.44. The zero-order chi connectivity index (χ0) is 24.0. The van der Waals surface area contributed by atoms with E-state index in [1.807, 2.05) is 0 Å². The average Bonchev–Trinajstić information content (AvgIpc) is 2.79. The summed E-state index contributed by atoms with van der Waals surface area (Å²) in [5.41, 5.74) is 3.89. The van der Waals surface area contributed by atoms with Crippen molar-refractivity contribution in [1.82, 2.24) is 5.43 Å². The van der Waals surface area contributed by atoms with Crippen LogP contribution in [0.3, 0.4) is 0 Å². The number of benzene rings is 3. The summed E-state index contributed by atoms with van der Waals surface area (Å²) < 4.78 is 11.9. The van der Waals surface area contributed by atoms with Crippen molar-refractivity contribution in [2.75, 3.05) is 7.11 Å². The second-order valence-electron chi connectivity index (χ2n) is 6.56. The molecule has 33 heavy (non-hydrogen) atoms. The van der Waals surface area contributed by atoms with Gasteiger partial charge in [0.25, 0.3) is 11.6 Å². The number of methoxy groups -OCH3 is 1. The number of nitro benzene ring substituents is 1. The van der Waals surface area contributed by atoms with E-state index in [0.29, 0.717) is 31.6 Å². The van der Waals surface area contributed by atoms with Crippen LogP contribution in [-0.4, -0.2) is 24.2 Å². The molecule has 0 bridgehead atoms. The van der Waals surface area contributed by atoms with E-state index >= 15 is 0 Å². The molecule has 3 aromatic rings. The van der Waals surface area contributed by atoms with Gasteiger partial charge in [-0.15, -0.1) is 0 Å². The van der Waals surface area contributed by atoms with Gasteiger partial charge >= 0.3 is 0 Å². The van der Waals surface area contributed by atoms with Gasteiger partial charge in [0.05, 0.1) is 22.7 Å². The lowest BCUT2D eigenvalue weighted by atomic mass is 10.2. The highest BCUT2D eigenvalue weighted by Gasteiger charge is 2.13. The van der Waals surface area contributed by atoms with Crippen LogP contribution >= 0.6 is 39.1 Å². The van der Waals surface area contributed by atoms with Crippen molar-refractivity contribution in [2.24, 2.45) is 5.10 Å². The highest BCUT2D eigenvalue weighted by Crippen LogP contribution is 2.37. The van der Waals surface area contributed by atoms with E-state index in [4.69, 9.17) is 32.7 Å². The monoisotopic (exact) mass is 551 g/mol. The van der Waals surface area contributed by atoms with Crippen LogP contribution in [0.1, 0.15) is 21.5 Å². The number of amides is 1. The van der Waals surface area contributed by atoms with Gasteiger partial charge < -0.3 is 9.47 Å². The van der Waals surface area contributed by atoms with E-state index in [9.17, 15) is 14.9 Å². The van der Waals surface area contributed by atoms with Crippen LogP contribution in [0.5, 0.6) is 11.5 Å². The number of hydrazone groups is 1. The van der Waals surface area contributed by atoms with Gasteiger partial charge in [-0.1, -0.05) is 29.3 Å². The van der Waals surface area contributed by atoms with Crippen molar-refractivity contribution in [2.45, 2.75) is 6.61 Å². The van der Waals surface area contributed by atoms with E-state index in [1.165, 1.54) is 37.6 Å². The van der Waals surface area contributed by atoms with Crippen molar-refractivity contribution < 1.29 is 19.2 Å². The highest BCUT2D eigenvalue weighted by atomic mass is 79.9. The van der Waals surface area contributed by atoms with Crippen LogP contribution < -0.4 is 14.9 Å². The Bertz CT molecular complexity index is 1220. The first-order valence-electron chi connectivity index (χ1n) is 9.30. The van der Waals surface area contributed by atoms with Crippen LogP contribution in [0.25, 0.3) is 0 Å². The number of rotatable bonds is 8. The molecule has 0 radical (unpaired) electrons. The molecule has 11 heteroatoms. The van der Waals surface area contributed by atoms with Crippen LogP contribution in [0.15, 0.2) is 64.2 Å². The molecular weight excluding hydrogens is 537 g/mol. The van der Waals surface area contributed by atoms with Gasteiger partial charge in [-0.3, -0.25) is 14.9 Å². The summed E-state index contributed by atoms with van der Waals surface area (Å²) >= 11 is 15.6. The molecule has 0 saturated carbocycles. The second-order valence-corrected chi connectivity index (χ2v) is 8.26. The summed E-state index contributed by atoms with van der Waals surface area (Å²) in [5.74, 6) is 0.403. The lowest BCUT2D eigenvalue weighted by Gasteiger charge is -2.14. The molecule has 0 saturated heterocycles. The molecule has 0 aliphatic rings. The number of nitrogens with zero attached hydrogens (tertiary/aromatic N) is 2. The van der Waals surface area contributed by atoms with Crippen LogP contribution in [0, 0.1) is 10.1 Å².